The summed E-state index contributed by atoms with van der Waals surface area (Å²) in [5, 5.41) is 3.18. The average molecular weight is 286 g/mol. The zero-order valence-electron chi connectivity index (χ0n) is 11.9. The van der Waals surface area contributed by atoms with E-state index in [1.165, 1.54) is 18.9 Å². The molecule has 0 amide bonds. The zero-order chi connectivity index (χ0) is 14.8. The predicted octanol–water partition coefficient (Wildman–Crippen LogP) is 3.45. The van der Waals surface area contributed by atoms with Crippen molar-refractivity contribution in [3.8, 4) is 0 Å². The summed E-state index contributed by atoms with van der Waals surface area (Å²) in [6.45, 7) is 3.34. The monoisotopic (exact) mass is 286 g/mol. The van der Waals surface area contributed by atoms with Crippen molar-refractivity contribution in [2.75, 3.05) is 20.1 Å². The van der Waals surface area contributed by atoms with Crippen LogP contribution >= 0.6 is 0 Å². The molecular formula is C15H21F3N2. The first-order valence-corrected chi connectivity index (χ1v) is 6.99. The molecule has 1 saturated carbocycles. The van der Waals surface area contributed by atoms with Gasteiger partial charge in [0.05, 0.1) is 5.56 Å². The minimum atomic E-state index is -4.29. The van der Waals surface area contributed by atoms with Crippen molar-refractivity contribution < 1.29 is 13.2 Å². The molecule has 20 heavy (non-hydrogen) atoms. The molecule has 1 fully saturated rings. The Morgan fingerprint density at radius 1 is 1.30 bits per heavy atom. The Kier molecular flexibility index (Phi) is 4.70. The van der Waals surface area contributed by atoms with Crippen LogP contribution < -0.4 is 5.32 Å². The van der Waals surface area contributed by atoms with Gasteiger partial charge in [-0.15, -0.1) is 0 Å². The number of halogens is 3. The number of alkyl halides is 3. The van der Waals surface area contributed by atoms with Crippen LogP contribution in [0.3, 0.4) is 0 Å². The van der Waals surface area contributed by atoms with Gasteiger partial charge in [-0.3, -0.25) is 0 Å². The van der Waals surface area contributed by atoms with Gasteiger partial charge in [-0.25, -0.2) is 0 Å². The predicted molar refractivity (Wildman–Crippen MR) is 73.5 cm³/mol. The van der Waals surface area contributed by atoms with Crippen LogP contribution in [0.1, 0.15) is 36.9 Å². The maximum atomic E-state index is 12.9. The lowest BCUT2D eigenvalue weighted by Crippen LogP contribution is -2.32. The smallest absolute Gasteiger partial charge is 0.309 e. The highest BCUT2D eigenvalue weighted by Crippen LogP contribution is 2.34. The Labute approximate surface area is 118 Å². The molecule has 1 atom stereocenters. The molecule has 112 valence electrons. The Hall–Kier alpha value is -1.07. The van der Waals surface area contributed by atoms with Gasteiger partial charge in [-0.1, -0.05) is 18.2 Å². The standard InChI is InChI=1S/C15H21F3N2/c1-11(19-9-10-20(2)12-7-8-12)13-5-3-4-6-14(13)15(16,17)18/h3-6,11-12,19H,7-10H2,1-2H3. The van der Waals surface area contributed by atoms with Crippen molar-refractivity contribution in [3.05, 3.63) is 35.4 Å². The molecule has 0 heterocycles. The van der Waals surface area contributed by atoms with E-state index in [4.69, 9.17) is 0 Å². The van der Waals surface area contributed by atoms with Crippen molar-refractivity contribution in [2.24, 2.45) is 0 Å². The van der Waals surface area contributed by atoms with Crippen LogP contribution in [-0.2, 0) is 6.18 Å². The second-order valence-corrected chi connectivity index (χ2v) is 5.47. The van der Waals surface area contributed by atoms with Gasteiger partial charge < -0.3 is 10.2 Å². The molecule has 0 bridgehead atoms. The van der Waals surface area contributed by atoms with E-state index < -0.39 is 11.7 Å². The van der Waals surface area contributed by atoms with E-state index in [-0.39, 0.29) is 6.04 Å². The molecular weight excluding hydrogens is 265 g/mol. The SMILES string of the molecule is CC(NCCN(C)C1CC1)c1ccccc1C(F)(F)F. The summed E-state index contributed by atoms with van der Waals surface area (Å²) in [5.74, 6) is 0. The number of benzene rings is 1. The molecule has 1 aromatic rings. The van der Waals surface area contributed by atoms with E-state index in [2.05, 4.69) is 17.3 Å². The summed E-state index contributed by atoms with van der Waals surface area (Å²) in [4.78, 5) is 2.26. The molecule has 2 rings (SSSR count). The number of nitrogens with one attached hydrogen (secondary N) is 1. The summed E-state index contributed by atoms with van der Waals surface area (Å²) < 4.78 is 38.8. The van der Waals surface area contributed by atoms with Gasteiger partial charge in [0.2, 0.25) is 0 Å². The number of nitrogens with zero attached hydrogens (tertiary/aromatic N) is 1. The van der Waals surface area contributed by atoms with Crippen LogP contribution in [0.4, 0.5) is 13.2 Å². The van der Waals surface area contributed by atoms with Crippen molar-refractivity contribution in [2.45, 2.75) is 38.0 Å². The van der Waals surface area contributed by atoms with Crippen LogP contribution in [0.5, 0.6) is 0 Å². The van der Waals surface area contributed by atoms with Gasteiger partial charge in [0, 0.05) is 25.2 Å². The minimum absolute atomic E-state index is 0.305. The number of hydrogen-bond acceptors (Lipinski definition) is 2. The topological polar surface area (TPSA) is 15.3 Å². The van der Waals surface area contributed by atoms with Gasteiger partial charge in [0.25, 0.3) is 0 Å². The largest absolute Gasteiger partial charge is 0.416 e. The van der Waals surface area contributed by atoms with Crippen LogP contribution in [0, 0.1) is 0 Å². The Bertz CT molecular complexity index is 441. The second-order valence-electron chi connectivity index (χ2n) is 5.47. The van der Waals surface area contributed by atoms with E-state index >= 15 is 0 Å². The Morgan fingerprint density at radius 2 is 1.95 bits per heavy atom. The summed E-state index contributed by atoms with van der Waals surface area (Å²) in [5.41, 5.74) is -0.232. The van der Waals surface area contributed by atoms with Gasteiger partial charge in [0.15, 0.2) is 0 Å². The third-order valence-corrected chi connectivity index (χ3v) is 3.82. The molecule has 1 aliphatic rings. The maximum Gasteiger partial charge on any atom is 0.416 e. The van der Waals surface area contributed by atoms with E-state index in [1.54, 1.807) is 19.1 Å². The van der Waals surface area contributed by atoms with Crippen molar-refractivity contribution in [3.63, 3.8) is 0 Å². The van der Waals surface area contributed by atoms with Crippen LogP contribution in [0.15, 0.2) is 24.3 Å². The van der Waals surface area contributed by atoms with Crippen LogP contribution in [-0.4, -0.2) is 31.1 Å². The molecule has 0 saturated heterocycles. The molecule has 0 radical (unpaired) electrons. The van der Waals surface area contributed by atoms with Gasteiger partial charge >= 0.3 is 6.18 Å². The first kappa shape index (κ1) is 15.3. The van der Waals surface area contributed by atoms with Crippen LogP contribution in [0.2, 0.25) is 0 Å². The summed E-state index contributed by atoms with van der Waals surface area (Å²) in [7, 11) is 2.06. The third-order valence-electron chi connectivity index (χ3n) is 3.82. The first-order valence-electron chi connectivity index (χ1n) is 6.99. The summed E-state index contributed by atoms with van der Waals surface area (Å²) in [6.07, 6.45) is -1.82. The fourth-order valence-electron chi connectivity index (χ4n) is 2.40. The van der Waals surface area contributed by atoms with Gasteiger partial charge in [-0.2, -0.15) is 13.2 Å². The summed E-state index contributed by atoms with van der Waals surface area (Å²) >= 11 is 0. The number of hydrogen-bond donors (Lipinski definition) is 1. The molecule has 1 N–H and O–H groups in total. The van der Waals surface area contributed by atoms with Gasteiger partial charge in [-0.05, 0) is 38.4 Å². The lowest BCUT2D eigenvalue weighted by molar-refractivity contribution is -0.138. The van der Waals surface area contributed by atoms with Crippen LogP contribution in [0.25, 0.3) is 0 Å². The van der Waals surface area contributed by atoms with Crippen molar-refractivity contribution in [1.82, 2.24) is 10.2 Å². The Balaban J connectivity index is 1.93. The molecule has 1 aromatic carbocycles. The van der Waals surface area contributed by atoms with E-state index in [0.29, 0.717) is 18.2 Å². The fourth-order valence-corrected chi connectivity index (χ4v) is 2.40. The summed E-state index contributed by atoms with van der Waals surface area (Å²) in [6, 6.07) is 6.14. The first-order chi connectivity index (χ1) is 9.39. The Morgan fingerprint density at radius 3 is 2.55 bits per heavy atom. The third kappa shape index (κ3) is 3.96. The number of likely N-dealkylation sites (N-methyl/N-ethyl adjacent to an activating group) is 1. The quantitative estimate of drug-likeness (QED) is 0.861. The fraction of sp³-hybridized carbons (Fsp3) is 0.600. The molecule has 0 aromatic heterocycles. The lowest BCUT2D eigenvalue weighted by Gasteiger charge is -2.21. The van der Waals surface area contributed by atoms with E-state index in [0.717, 1.165) is 12.6 Å². The minimum Gasteiger partial charge on any atom is -0.309 e. The molecule has 5 heteroatoms. The highest BCUT2D eigenvalue weighted by atomic mass is 19.4. The van der Waals surface area contributed by atoms with Crippen molar-refractivity contribution >= 4 is 0 Å². The number of rotatable bonds is 6. The normalized spacial score (nSPS) is 17.5. The van der Waals surface area contributed by atoms with Gasteiger partial charge in [0.1, 0.15) is 0 Å². The second kappa shape index (κ2) is 6.14. The van der Waals surface area contributed by atoms with E-state index in [1.807, 2.05) is 0 Å². The molecule has 1 aliphatic carbocycles. The lowest BCUT2D eigenvalue weighted by atomic mass is 10.0. The highest BCUT2D eigenvalue weighted by molar-refractivity contribution is 5.32. The molecule has 0 aliphatic heterocycles. The zero-order valence-corrected chi connectivity index (χ0v) is 11.9. The van der Waals surface area contributed by atoms with E-state index in [9.17, 15) is 13.2 Å². The highest BCUT2D eigenvalue weighted by Gasteiger charge is 2.34. The molecule has 0 spiro atoms. The maximum absolute atomic E-state index is 12.9. The van der Waals surface area contributed by atoms with Crippen molar-refractivity contribution in [1.29, 1.82) is 0 Å². The average Bonchev–Trinajstić information content (AvgIpc) is 3.21. The molecule has 2 nitrogen and oxygen atoms in total. The molecule has 1 unspecified atom stereocenters.